The van der Waals surface area contributed by atoms with Crippen LogP contribution in [-0.4, -0.2) is 43.9 Å². The number of carboxylic acids is 1. The highest BCUT2D eigenvalue weighted by atomic mass is 16.6. The Labute approximate surface area is 162 Å². The summed E-state index contributed by atoms with van der Waals surface area (Å²) in [6.45, 7) is 0.702. The van der Waals surface area contributed by atoms with E-state index < -0.39 is 12.6 Å². The van der Waals surface area contributed by atoms with Crippen LogP contribution in [0.3, 0.4) is 0 Å². The molecule has 28 heavy (non-hydrogen) atoms. The van der Waals surface area contributed by atoms with Gasteiger partial charge < -0.3 is 24.2 Å². The number of amides is 1. The van der Waals surface area contributed by atoms with Crippen LogP contribution in [0.5, 0.6) is 17.2 Å². The van der Waals surface area contributed by atoms with Gasteiger partial charge in [-0.1, -0.05) is 6.07 Å². The molecule has 1 aliphatic heterocycles. The lowest BCUT2D eigenvalue weighted by atomic mass is 10.1. The van der Waals surface area contributed by atoms with Crippen LogP contribution >= 0.6 is 0 Å². The highest BCUT2D eigenvalue weighted by Crippen LogP contribution is 2.50. The normalized spacial score (nSPS) is 19.6. The van der Waals surface area contributed by atoms with E-state index in [1.165, 1.54) is 0 Å². The number of rotatable bonds is 6. The zero-order valence-electron chi connectivity index (χ0n) is 15.5. The summed E-state index contributed by atoms with van der Waals surface area (Å²) in [6, 6.07) is 12.7. The van der Waals surface area contributed by atoms with E-state index in [1.807, 2.05) is 18.2 Å². The van der Waals surface area contributed by atoms with Crippen molar-refractivity contribution in [3.8, 4) is 17.2 Å². The average Bonchev–Trinajstić information content (AvgIpc) is 3.52. The van der Waals surface area contributed by atoms with Crippen molar-refractivity contribution in [2.45, 2.75) is 12.3 Å². The molecular formula is C21H21NO6. The molecule has 2 atom stereocenters. The molecule has 146 valence electrons. The van der Waals surface area contributed by atoms with Crippen molar-refractivity contribution in [2.24, 2.45) is 5.92 Å². The summed E-state index contributed by atoms with van der Waals surface area (Å²) in [5.41, 5.74) is 1.83. The van der Waals surface area contributed by atoms with Crippen molar-refractivity contribution in [2.75, 3.05) is 31.8 Å². The van der Waals surface area contributed by atoms with E-state index in [9.17, 15) is 9.59 Å². The predicted octanol–water partition coefficient (Wildman–Crippen LogP) is 2.69. The fourth-order valence-corrected chi connectivity index (χ4v) is 3.41. The van der Waals surface area contributed by atoms with Gasteiger partial charge in [-0.25, -0.2) is 4.79 Å². The van der Waals surface area contributed by atoms with Gasteiger partial charge in [-0.3, -0.25) is 4.79 Å². The van der Waals surface area contributed by atoms with E-state index in [4.69, 9.17) is 19.3 Å². The minimum Gasteiger partial charge on any atom is -0.486 e. The third kappa shape index (κ3) is 3.74. The molecule has 1 amide bonds. The van der Waals surface area contributed by atoms with E-state index in [-0.39, 0.29) is 17.7 Å². The van der Waals surface area contributed by atoms with Crippen molar-refractivity contribution in [3.05, 3.63) is 48.0 Å². The van der Waals surface area contributed by atoms with Gasteiger partial charge >= 0.3 is 5.97 Å². The number of carbonyl (C=O) groups is 2. The van der Waals surface area contributed by atoms with E-state index in [2.05, 4.69) is 0 Å². The highest BCUT2D eigenvalue weighted by molar-refractivity contribution is 5.97. The number of carboxylic acid groups (broad SMARTS) is 1. The van der Waals surface area contributed by atoms with Crippen LogP contribution in [-0.2, 0) is 9.59 Å². The summed E-state index contributed by atoms with van der Waals surface area (Å²) in [4.78, 5) is 25.0. The minimum atomic E-state index is -1.03. The van der Waals surface area contributed by atoms with Crippen molar-refractivity contribution in [1.29, 1.82) is 0 Å². The summed E-state index contributed by atoms with van der Waals surface area (Å²) in [5.74, 6) is 1.09. The summed E-state index contributed by atoms with van der Waals surface area (Å²) >= 11 is 0. The molecule has 7 nitrogen and oxygen atoms in total. The predicted molar refractivity (Wildman–Crippen MR) is 101 cm³/mol. The lowest BCUT2D eigenvalue weighted by Crippen LogP contribution is -2.28. The van der Waals surface area contributed by atoms with Crippen LogP contribution in [0.15, 0.2) is 42.5 Å². The third-order valence-corrected chi connectivity index (χ3v) is 5.02. The van der Waals surface area contributed by atoms with Gasteiger partial charge in [0.15, 0.2) is 18.1 Å². The maximum Gasteiger partial charge on any atom is 0.341 e. The Balaban J connectivity index is 1.39. The molecule has 7 heteroatoms. The fourth-order valence-electron chi connectivity index (χ4n) is 3.41. The number of anilines is 1. The quantitative estimate of drug-likeness (QED) is 0.826. The Morgan fingerprint density at radius 1 is 1.11 bits per heavy atom. The van der Waals surface area contributed by atoms with Crippen molar-refractivity contribution in [1.82, 2.24) is 0 Å². The lowest BCUT2D eigenvalue weighted by Gasteiger charge is -2.19. The molecule has 2 aromatic rings. The third-order valence-electron chi connectivity index (χ3n) is 5.02. The molecule has 0 saturated heterocycles. The first-order chi connectivity index (χ1) is 13.5. The van der Waals surface area contributed by atoms with Gasteiger partial charge in [0.25, 0.3) is 0 Å². The Hall–Kier alpha value is -3.22. The Morgan fingerprint density at radius 2 is 1.82 bits per heavy atom. The number of benzene rings is 2. The molecule has 1 heterocycles. The minimum absolute atomic E-state index is 0.0547. The van der Waals surface area contributed by atoms with Crippen LogP contribution in [0.1, 0.15) is 17.9 Å². The summed E-state index contributed by atoms with van der Waals surface area (Å²) in [6.07, 6.45) is 0.808. The molecule has 1 fully saturated rings. The van der Waals surface area contributed by atoms with Gasteiger partial charge in [-0.15, -0.1) is 0 Å². The summed E-state index contributed by atoms with van der Waals surface area (Å²) in [7, 11) is 1.74. The monoisotopic (exact) mass is 383 g/mol. The Morgan fingerprint density at radius 3 is 2.54 bits per heavy atom. The van der Waals surface area contributed by atoms with Crippen molar-refractivity contribution in [3.63, 3.8) is 0 Å². The Bertz CT molecular complexity index is 894. The number of hydrogen-bond acceptors (Lipinski definition) is 5. The molecular weight excluding hydrogens is 362 g/mol. The largest absolute Gasteiger partial charge is 0.486 e. The summed E-state index contributed by atoms with van der Waals surface area (Å²) < 4.78 is 16.3. The van der Waals surface area contributed by atoms with Crippen molar-refractivity contribution < 1.29 is 28.9 Å². The van der Waals surface area contributed by atoms with Crippen LogP contribution in [0.4, 0.5) is 5.69 Å². The second kappa shape index (κ2) is 7.42. The van der Waals surface area contributed by atoms with Gasteiger partial charge in [-0.05, 0) is 54.3 Å². The van der Waals surface area contributed by atoms with Crippen LogP contribution in [0.25, 0.3) is 0 Å². The van der Waals surface area contributed by atoms with Gasteiger partial charge in [0.2, 0.25) is 5.91 Å². The first kappa shape index (κ1) is 18.2. The van der Waals surface area contributed by atoms with Gasteiger partial charge in [0.1, 0.15) is 19.0 Å². The molecule has 4 rings (SSSR count). The number of aliphatic carboxylic acids is 1. The Kier molecular flexibility index (Phi) is 4.81. The molecule has 1 saturated carbocycles. The van der Waals surface area contributed by atoms with E-state index in [0.29, 0.717) is 19.0 Å². The fraction of sp³-hybridized carbons (Fsp3) is 0.333. The van der Waals surface area contributed by atoms with Gasteiger partial charge in [0, 0.05) is 18.7 Å². The molecule has 2 aromatic carbocycles. The number of carbonyl (C=O) groups excluding carboxylic acids is 1. The van der Waals surface area contributed by atoms with Crippen LogP contribution < -0.4 is 19.1 Å². The maximum absolute atomic E-state index is 12.8. The number of nitrogens with zero attached hydrogens (tertiary/aromatic N) is 1. The molecule has 0 radical (unpaired) electrons. The van der Waals surface area contributed by atoms with E-state index >= 15 is 0 Å². The zero-order chi connectivity index (χ0) is 19.7. The average molecular weight is 383 g/mol. The molecule has 2 aliphatic rings. The standard InChI is InChI=1S/C21H21NO6/c1-22(14-3-5-15(6-4-14)28-12-20(23)24)21(25)17-11-16(17)13-2-7-18-19(10-13)27-9-8-26-18/h2-7,10,16-17H,8-9,11-12H2,1H3,(H,23,24). The molecule has 2 unspecified atom stereocenters. The molecule has 1 aliphatic carbocycles. The van der Waals surface area contributed by atoms with E-state index in [1.54, 1.807) is 36.2 Å². The number of hydrogen-bond donors (Lipinski definition) is 1. The first-order valence-corrected chi connectivity index (χ1v) is 9.14. The maximum atomic E-state index is 12.8. The lowest BCUT2D eigenvalue weighted by molar-refractivity contribution is -0.139. The van der Waals surface area contributed by atoms with Crippen LogP contribution in [0.2, 0.25) is 0 Å². The van der Waals surface area contributed by atoms with Crippen molar-refractivity contribution >= 4 is 17.6 Å². The SMILES string of the molecule is CN(C(=O)C1CC1c1ccc2c(c1)OCCO2)c1ccc(OCC(=O)O)cc1. The van der Waals surface area contributed by atoms with Gasteiger partial charge in [-0.2, -0.15) is 0 Å². The molecule has 0 bridgehead atoms. The van der Waals surface area contributed by atoms with E-state index in [0.717, 1.165) is 29.2 Å². The first-order valence-electron chi connectivity index (χ1n) is 9.14. The smallest absolute Gasteiger partial charge is 0.341 e. The topological polar surface area (TPSA) is 85.3 Å². The second-order valence-corrected chi connectivity index (χ2v) is 6.93. The van der Waals surface area contributed by atoms with Gasteiger partial charge in [0.05, 0.1) is 0 Å². The number of ether oxygens (including phenoxy) is 3. The highest BCUT2D eigenvalue weighted by Gasteiger charge is 2.45. The van der Waals surface area contributed by atoms with Crippen LogP contribution in [0, 0.1) is 5.92 Å². The summed E-state index contributed by atoms with van der Waals surface area (Å²) in [5, 5.41) is 8.65. The molecule has 0 aromatic heterocycles. The number of fused-ring (bicyclic) bond motifs is 1. The zero-order valence-corrected chi connectivity index (χ0v) is 15.5. The molecule has 0 spiro atoms. The second-order valence-electron chi connectivity index (χ2n) is 6.93. The molecule has 1 N–H and O–H groups in total.